The van der Waals surface area contributed by atoms with Gasteiger partial charge >= 0.3 is 0 Å². The average Bonchev–Trinajstić information content (AvgIpc) is 2.86. The monoisotopic (exact) mass is 267 g/mol. The van der Waals surface area contributed by atoms with Gasteiger partial charge < -0.3 is 9.88 Å². The Morgan fingerprint density at radius 3 is 2.80 bits per heavy atom. The Bertz CT molecular complexity index is 590. The molecule has 0 aliphatic rings. The number of hydrogen-bond donors (Lipinski definition) is 1. The fourth-order valence-corrected chi connectivity index (χ4v) is 2.16. The molecule has 0 radical (unpaired) electrons. The van der Waals surface area contributed by atoms with Crippen LogP contribution in [0.5, 0.6) is 0 Å². The number of benzene rings is 1. The highest BCUT2D eigenvalue weighted by Gasteiger charge is 2.03. The molecule has 0 amide bonds. The van der Waals surface area contributed by atoms with Crippen LogP contribution in [-0.4, -0.2) is 11.1 Å². The number of aromatic nitrogens is 1. The first kappa shape index (κ1) is 14.4. The minimum absolute atomic E-state index is 0.666. The van der Waals surface area contributed by atoms with Gasteiger partial charge in [-0.25, -0.2) is 0 Å². The summed E-state index contributed by atoms with van der Waals surface area (Å²) in [6.45, 7) is 7.08. The fourth-order valence-electron chi connectivity index (χ4n) is 2.16. The second kappa shape index (κ2) is 6.93. The van der Waals surface area contributed by atoms with Crippen molar-refractivity contribution in [3.63, 3.8) is 0 Å². The molecule has 104 valence electrons. The van der Waals surface area contributed by atoms with Crippen LogP contribution in [0, 0.1) is 17.2 Å². The van der Waals surface area contributed by atoms with Gasteiger partial charge in [0.2, 0.25) is 0 Å². The van der Waals surface area contributed by atoms with E-state index in [1.54, 1.807) is 0 Å². The van der Waals surface area contributed by atoms with Crippen LogP contribution in [0.4, 0.5) is 0 Å². The molecule has 0 aliphatic carbocycles. The molecule has 1 N–H and O–H groups in total. The number of nitrogens with one attached hydrogen (secondary N) is 1. The van der Waals surface area contributed by atoms with Crippen molar-refractivity contribution >= 4 is 0 Å². The lowest BCUT2D eigenvalue weighted by molar-refractivity contribution is 0.552. The van der Waals surface area contributed by atoms with Crippen LogP contribution in [0.3, 0.4) is 0 Å². The van der Waals surface area contributed by atoms with Crippen molar-refractivity contribution in [2.75, 3.05) is 6.54 Å². The molecule has 2 aromatic rings. The third-order valence-corrected chi connectivity index (χ3v) is 3.18. The van der Waals surface area contributed by atoms with Gasteiger partial charge in [-0.15, -0.1) is 0 Å². The Labute approximate surface area is 120 Å². The Balaban J connectivity index is 1.97. The zero-order chi connectivity index (χ0) is 14.4. The maximum Gasteiger partial charge on any atom is 0.0995 e. The van der Waals surface area contributed by atoms with E-state index in [0.29, 0.717) is 5.92 Å². The highest BCUT2D eigenvalue weighted by molar-refractivity contribution is 5.37. The van der Waals surface area contributed by atoms with Crippen LogP contribution in [0.2, 0.25) is 0 Å². The Hall–Kier alpha value is -2.05. The molecule has 2 rings (SSSR count). The molecule has 0 saturated carbocycles. The van der Waals surface area contributed by atoms with Crippen molar-refractivity contribution in [1.29, 1.82) is 5.26 Å². The van der Waals surface area contributed by atoms with Gasteiger partial charge in [0, 0.05) is 25.5 Å². The van der Waals surface area contributed by atoms with E-state index < -0.39 is 0 Å². The molecule has 1 aromatic carbocycles. The minimum Gasteiger partial charge on any atom is -0.350 e. The summed E-state index contributed by atoms with van der Waals surface area (Å²) in [4.78, 5) is 0. The number of hydrogen-bond acceptors (Lipinski definition) is 2. The third kappa shape index (κ3) is 3.97. The van der Waals surface area contributed by atoms with E-state index in [2.05, 4.69) is 48.3 Å². The van der Waals surface area contributed by atoms with E-state index in [4.69, 9.17) is 5.26 Å². The quantitative estimate of drug-likeness (QED) is 0.873. The predicted octanol–water partition coefficient (Wildman–Crippen LogP) is 3.15. The predicted molar refractivity (Wildman–Crippen MR) is 81.2 cm³/mol. The highest BCUT2D eigenvalue weighted by Crippen LogP contribution is 2.11. The molecule has 3 nitrogen and oxygen atoms in total. The van der Waals surface area contributed by atoms with Crippen molar-refractivity contribution in [2.45, 2.75) is 26.9 Å². The molecule has 0 spiro atoms. The summed E-state index contributed by atoms with van der Waals surface area (Å²) in [6, 6.07) is 12.1. The summed E-state index contributed by atoms with van der Waals surface area (Å²) in [6.07, 6.45) is 4.21. The maximum atomic E-state index is 9.10. The van der Waals surface area contributed by atoms with Gasteiger partial charge in [-0.05, 0) is 35.7 Å². The standard InChI is InChI=1S/C17H21N3/c1-14(2)10-19-11-15-7-8-20(12-15)13-17-6-4-3-5-16(17)9-18/h3-8,12,14,19H,10-11,13H2,1-2H3. The molecule has 20 heavy (non-hydrogen) atoms. The zero-order valence-corrected chi connectivity index (χ0v) is 12.1. The molecule has 0 fully saturated rings. The number of nitriles is 1. The molecule has 0 unspecified atom stereocenters. The van der Waals surface area contributed by atoms with E-state index in [1.807, 2.05) is 24.3 Å². The molecule has 1 aromatic heterocycles. The lowest BCUT2D eigenvalue weighted by Crippen LogP contribution is -2.18. The third-order valence-electron chi connectivity index (χ3n) is 3.18. The number of rotatable bonds is 6. The van der Waals surface area contributed by atoms with Crippen LogP contribution < -0.4 is 5.32 Å². The zero-order valence-electron chi connectivity index (χ0n) is 12.1. The lowest BCUT2D eigenvalue weighted by atomic mass is 10.1. The van der Waals surface area contributed by atoms with E-state index in [-0.39, 0.29) is 0 Å². The Kier molecular flexibility index (Phi) is 4.97. The Morgan fingerprint density at radius 1 is 1.25 bits per heavy atom. The van der Waals surface area contributed by atoms with Crippen LogP contribution in [0.25, 0.3) is 0 Å². The highest BCUT2D eigenvalue weighted by atomic mass is 14.9. The van der Waals surface area contributed by atoms with Crippen molar-refractivity contribution in [3.8, 4) is 6.07 Å². The van der Waals surface area contributed by atoms with Gasteiger partial charge in [0.25, 0.3) is 0 Å². The molecular weight excluding hydrogens is 246 g/mol. The first-order valence-electron chi connectivity index (χ1n) is 7.02. The first-order chi connectivity index (χ1) is 9.69. The van der Waals surface area contributed by atoms with Gasteiger partial charge in [-0.2, -0.15) is 5.26 Å². The molecule has 1 heterocycles. The van der Waals surface area contributed by atoms with E-state index in [1.165, 1.54) is 5.56 Å². The lowest BCUT2D eigenvalue weighted by Gasteiger charge is -2.06. The summed E-state index contributed by atoms with van der Waals surface area (Å²) in [7, 11) is 0. The van der Waals surface area contributed by atoms with Crippen molar-refractivity contribution in [3.05, 3.63) is 59.4 Å². The summed E-state index contributed by atoms with van der Waals surface area (Å²) in [5.41, 5.74) is 3.09. The van der Waals surface area contributed by atoms with Gasteiger partial charge in [-0.3, -0.25) is 0 Å². The topological polar surface area (TPSA) is 40.8 Å². The van der Waals surface area contributed by atoms with Crippen molar-refractivity contribution in [1.82, 2.24) is 9.88 Å². The first-order valence-corrected chi connectivity index (χ1v) is 7.02. The van der Waals surface area contributed by atoms with E-state index in [0.717, 1.165) is 30.8 Å². The molecule has 0 atom stereocenters. The number of nitrogens with zero attached hydrogens (tertiary/aromatic N) is 2. The smallest absolute Gasteiger partial charge is 0.0995 e. The van der Waals surface area contributed by atoms with Crippen LogP contribution >= 0.6 is 0 Å². The summed E-state index contributed by atoms with van der Waals surface area (Å²) in [5.74, 6) is 0.666. The van der Waals surface area contributed by atoms with Crippen molar-refractivity contribution < 1.29 is 0 Å². The summed E-state index contributed by atoms with van der Waals surface area (Å²) < 4.78 is 2.13. The molecule has 0 saturated heterocycles. The normalized spacial score (nSPS) is 10.7. The van der Waals surface area contributed by atoms with Crippen LogP contribution in [-0.2, 0) is 13.1 Å². The van der Waals surface area contributed by atoms with Crippen LogP contribution in [0.15, 0.2) is 42.7 Å². The minimum atomic E-state index is 0.666. The van der Waals surface area contributed by atoms with Gasteiger partial charge in [-0.1, -0.05) is 32.0 Å². The Morgan fingerprint density at radius 2 is 2.05 bits per heavy atom. The maximum absolute atomic E-state index is 9.10. The molecule has 3 heteroatoms. The van der Waals surface area contributed by atoms with E-state index in [9.17, 15) is 0 Å². The summed E-state index contributed by atoms with van der Waals surface area (Å²) in [5, 5.41) is 12.5. The van der Waals surface area contributed by atoms with Crippen LogP contribution in [0.1, 0.15) is 30.5 Å². The van der Waals surface area contributed by atoms with Crippen molar-refractivity contribution in [2.24, 2.45) is 5.92 Å². The second-order valence-corrected chi connectivity index (χ2v) is 5.49. The van der Waals surface area contributed by atoms with E-state index >= 15 is 0 Å². The van der Waals surface area contributed by atoms with Gasteiger partial charge in [0.15, 0.2) is 0 Å². The molecule has 0 aliphatic heterocycles. The largest absolute Gasteiger partial charge is 0.350 e. The van der Waals surface area contributed by atoms with Gasteiger partial charge in [0.1, 0.15) is 0 Å². The second-order valence-electron chi connectivity index (χ2n) is 5.49. The molecular formula is C17H21N3. The van der Waals surface area contributed by atoms with Gasteiger partial charge in [0.05, 0.1) is 11.6 Å². The fraction of sp³-hybridized carbons (Fsp3) is 0.353. The summed E-state index contributed by atoms with van der Waals surface area (Å²) >= 11 is 0. The molecule has 0 bridgehead atoms. The SMILES string of the molecule is CC(C)CNCc1ccn(Cc2ccccc2C#N)c1. The average molecular weight is 267 g/mol.